The van der Waals surface area contributed by atoms with Gasteiger partial charge in [0, 0.05) is 0 Å². The molecule has 23 heavy (non-hydrogen) atoms. The van der Waals surface area contributed by atoms with Gasteiger partial charge in [-0.3, -0.25) is 4.79 Å². The zero-order valence-electron chi connectivity index (χ0n) is 13.0. The minimum atomic E-state index is -0.454. The van der Waals surface area contributed by atoms with Crippen molar-refractivity contribution in [3.63, 3.8) is 0 Å². The first-order chi connectivity index (χ1) is 11.2. The maximum absolute atomic E-state index is 12.2. The van der Waals surface area contributed by atoms with Crippen LogP contribution in [-0.4, -0.2) is 19.5 Å². The van der Waals surface area contributed by atoms with Crippen LogP contribution in [0.15, 0.2) is 46.6 Å². The number of allylic oxidation sites excluding steroid dienone is 1. The van der Waals surface area contributed by atoms with Crippen LogP contribution in [0.4, 0.5) is 0 Å². The highest BCUT2D eigenvalue weighted by atomic mass is 16.5. The molecular formula is C18H17NO4. The molecule has 0 bridgehead atoms. The topological polar surface area (TPSA) is 72.5 Å². The molecule has 1 heterocycles. The standard InChI is InChI=1S/C18H17NO4/c1-3-8-22-17-11-13(6-7-15(17)21-2)10-14(12-19)18(20)16-5-4-9-23-16/h4-7,9-11H,3,8H2,1-2H3/b14-10+. The molecule has 0 aliphatic rings. The number of carbonyl (C=O) groups excluding carboxylic acids is 1. The molecule has 5 heteroatoms. The highest BCUT2D eigenvalue weighted by molar-refractivity contribution is 6.12. The molecular weight excluding hydrogens is 294 g/mol. The number of ether oxygens (including phenoxy) is 2. The van der Waals surface area contributed by atoms with Gasteiger partial charge in [-0.1, -0.05) is 13.0 Å². The maximum Gasteiger partial charge on any atom is 0.238 e. The molecule has 0 radical (unpaired) electrons. The van der Waals surface area contributed by atoms with Gasteiger partial charge in [-0.05, 0) is 42.3 Å². The summed E-state index contributed by atoms with van der Waals surface area (Å²) in [5.41, 5.74) is 0.667. The van der Waals surface area contributed by atoms with Crippen molar-refractivity contribution in [3.8, 4) is 17.6 Å². The number of nitrogens with zero attached hydrogens (tertiary/aromatic N) is 1. The number of hydrogen-bond donors (Lipinski definition) is 0. The van der Waals surface area contributed by atoms with Crippen molar-refractivity contribution < 1.29 is 18.7 Å². The summed E-state index contributed by atoms with van der Waals surface area (Å²) < 4.78 is 15.9. The molecule has 118 valence electrons. The summed E-state index contributed by atoms with van der Waals surface area (Å²) in [6.45, 7) is 2.56. The van der Waals surface area contributed by atoms with E-state index >= 15 is 0 Å². The van der Waals surface area contributed by atoms with Crippen LogP contribution in [0.1, 0.15) is 29.5 Å². The zero-order chi connectivity index (χ0) is 16.7. The van der Waals surface area contributed by atoms with Crippen molar-refractivity contribution in [3.05, 3.63) is 53.5 Å². The van der Waals surface area contributed by atoms with Crippen LogP contribution in [-0.2, 0) is 0 Å². The molecule has 5 nitrogen and oxygen atoms in total. The van der Waals surface area contributed by atoms with Gasteiger partial charge in [0.1, 0.15) is 11.6 Å². The summed E-state index contributed by atoms with van der Waals surface area (Å²) >= 11 is 0. The molecule has 0 saturated carbocycles. The Balaban J connectivity index is 2.32. The lowest BCUT2D eigenvalue weighted by molar-refractivity contribution is 0.101. The van der Waals surface area contributed by atoms with Crippen LogP contribution in [0.25, 0.3) is 6.08 Å². The van der Waals surface area contributed by atoms with Crippen LogP contribution in [0.2, 0.25) is 0 Å². The van der Waals surface area contributed by atoms with E-state index in [0.29, 0.717) is 23.7 Å². The third kappa shape index (κ3) is 4.01. The number of hydrogen-bond acceptors (Lipinski definition) is 5. The first-order valence-corrected chi connectivity index (χ1v) is 7.20. The van der Waals surface area contributed by atoms with E-state index in [4.69, 9.17) is 13.9 Å². The highest BCUT2D eigenvalue weighted by Gasteiger charge is 2.15. The Labute approximate surface area is 134 Å². The molecule has 0 unspecified atom stereocenters. The van der Waals surface area contributed by atoms with Crippen molar-refractivity contribution >= 4 is 11.9 Å². The second-order valence-corrected chi connectivity index (χ2v) is 4.73. The van der Waals surface area contributed by atoms with Crippen LogP contribution >= 0.6 is 0 Å². The number of rotatable bonds is 7. The Morgan fingerprint density at radius 3 is 2.78 bits per heavy atom. The van der Waals surface area contributed by atoms with E-state index in [2.05, 4.69) is 0 Å². The second kappa shape index (κ2) is 7.85. The lowest BCUT2D eigenvalue weighted by atomic mass is 10.1. The third-order valence-electron chi connectivity index (χ3n) is 3.07. The quantitative estimate of drug-likeness (QED) is 0.441. The first kappa shape index (κ1) is 16.4. The van der Waals surface area contributed by atoms with Crippen molar-refractivity contribution in [2.75, 3.05) is 13.7 Å². The number of methoxy groups -OCH3 is 1. The van der Waals surface area contributed by atoms with Gasteiger partial charge in [0.25, 0.3) is 0 Å². The third-order valence-corrected chi connectivity index (χ3v) is 3.07. The van der Waals surface area contributed by atoms with Gasteiger partial charge in [-0.15, -0.1) is 0 Å². The van der Waals surface area contributed by atoms with Crippen molar-refractivity contribution in [1.29, 1.82) is 5.26 Å². The number of ketones is 1. The predicted octanol–water partition coefficient (Wildman–Crippen LogP) is 3.87. The monoisotopic (exact) mass is 311 g/mol. The van der Waals surface area contributed by atoms with Crippen LogP contribution in [0, 0.1) is 11.3 Å². The second-order valence-electron chi connectivity index (χ2n) is 4.73. The molecule has 2 rings (SSSR count). The fourth-order valence-corrected chi connectivity index (χ4v) is 1.96. The molecule has 0 N–H and O–H groups in total. The Hall–Kier alpha value is -3.00. The fourth-order valence-electron chi connectivity index (χ4n) is 1.96. The zero-order valence-corrected chi connectivity index (χ0v) is 13.0. The van der Waals surface area contributed by atoms with Crippen LogP contribution in [0.3, 0.4) is 0 Å². The van der Waals surface area contributed by atoms with Crippen LogP contribution in [0.5, 0.6) is 11.5 Å². The summed E-state index contributed by atoms with van der Waals surface area (Å²) in [5.74, 6) is 0.857. The Morgan fingerprint density at radius 1 is 1.35 bits per heavy atom. The summed E-state index contributed by atoms with van der Waals surface area (Å²) in [4.78, 5) is 12.2. The minimum Gasteiger partial charge on any atom is -0.493 e. The number of Topliss-reactive ketones (excluding diaryl/α,β-unsaturated/α-hetero) is 1. The molecule has 0 aliphatic heterocycles. The van der Waals surface area contributed by atoms with Gasteiger partial charge in [0.05, 0.1) is 20.0 Å². The highest BCUT2D eigenvalue weighted by Crippen LogP contribution is 2.29. The number of furan rings is 1. The van der Waals surface area contributed by atoms with Crippen molar-refractivity contribution in [2.45, 2.75) is 13.3 Å². The van der Waals surface area contributed by atoms with Gasteiger partial charge < -0.3 is 13.9 Å². The fraction of sp³-hybridized carbons (Fsp3) is 0.222. The average Bonchev–Trinajstić information content (AvgIpc) is 3.11. The first-order valence-electron chi connectivity index (χ1n) is 7.20. The maximum atomic E-state index is 12.2. The predicted molar refractivity (Wildman–Crippen MR) is 85.4 cm³/mol. The molecule has 0 atom stereocenters. The van der Waals surface area contributed by atoms with Crippen LogP contribution < -0.4 is 9.47 Å². The average molecular weight is 311 g/mol. The summed E-state index contributed by atoms with van der Waals surface area (Å²) in [5, 5.41) is 9.23. The van der Waals surface area contributed by atoms with E-state index < -0.39 is 5.78 Å². The summed E-state index contributed by atoms with van der Waals surface area (Å²) in [6.07, 6.45) is 3.76. The molecule has 0 amide bonds. The number of nitriles is 1. The molecule has 0 spiro atoms. The van der Waals surface area contributed by atoms with E-state index in [9.17, 15) is 10.1 Å². The van der Waals surface area contributed by atoms with Crippen molar-refractivity contribution in [1.82, 2.24) is 0 Å². The number of benzene rings is 1. The van der Waals surface area contributed by atoms with E-state index in [1.165, 1.54) is 18.4 Å². The van der Waals surface area contributed by atoms with E-state index in [0.717, 1.165) is 6.42 Å². The molecule has 2 aromatic rings. The largest absolute Gasteiger partial charge is 0.493 e. The minimum absolute atomic E-state index is 0.00782. The Kier molecular flexibility index (Phi) is 5.59. The summed E-state index contributed by atoms with van der Waals surface area (Å²) in [7, 11) is 1.56. The van der Waals surface area contributed by atoms with Gasteiger partial charge in [0.2, 0.25) is 5.78 Å². The van der Waals surface area contributed by atoms with Gasteiger partial charge in [0.15, 0.2) is 17.3 Å². The lowest BCUT2D eigenvalue weighted by Crippen LogP contribution is -2.01. The normalized spacial score (nSPS) is 10.9. The molecule has 1 aromatic carbocycles. The lowest BCUT2D eigenvalue weighted by Gasteiger charge is -2.10. The van der Waals surface area contributed by atoms with E-state index in [1.54, 1.807) is 31.4 Å². The van der Waals surface area contributed by atoms with Gasteiger partial charge >= 0.3 is 0 Å². The van der Waals surface area contributed by atoms with Gasteiger partial charge in [-0.2, -0.15) is 5.26 Å². The molecule has 0 fully saturated rings. The van der Waals surface area contributed by atoms with Gasteiger partial charge in [-0.25, -0.2) is 0 Å². The van der Waals surface area contributed by atoms with E-state index in [-0.39, 0.29) is 11.3 Å². The molecule has 0 saturated heterocycles. The Morgan fingerprint density at radius 2 is 2.17 bits per heavy atom. The molecule has 0 aliphatic carbocycles. The van der Waals surface area contributed by atoms with Crippen molar-refractivity contribution in [2.24, 2.45) is 0 Å². The van der Waals surface area contributed by atoms with E-state index in [1.807, 2.05) is 13.0 Å². The molecule has 1 aromatic heterocycles. The number of carbonyl (C=O) groups is 1. The smallest absolute Gasteiger partial charge is 0.238 e. The SMILES string of the molecule is CCCOc1cc(/C=C(\C#N)C(=O)c2ccco2)ccc1OC. The summed E-state index contributed by atoms with van der Waals surface area (Å²) in [6, 6.07) is 10.3. The Bertz CT molecular complexity index is 739.